The second-order valence-corrected chi connectivity index (χ2v) is 14.2. The summed E-state index contributed by atoms with van der Waals surface area (Å²) in [5.41, 5.74) is 0. The molecule has 9 heteroatoms. The van der Waals surface area contributed by atoms with Crippen molar-refractivity contribution >= 4 is 17.5 Å². The molecule has 2 N–H and O–H groups in total. The van der Waals surface area contributed by atoms with E-state index in [1.54, 1.807) is 6.08 Å². The van der Waals surface area contributed by atoms with E-state index in [1.807, 2.05) is 20.2 Å². The van der Waals surface area contributed by atoms with Crippen molar-refractivity contribution in [3.63, 3.8) is 0 Å². The Kier molecular flexibility index (Phi) is 21.1. The Hall–Kier alpha value is -2.17. The molecule has 0 aliphatic carbocycles. The minimum atomic E-state index is -0.353. The van der Waals surface area contributed by atoms with Crippen LogP contribution in [-0.4, -0.2) is 122 Å². The van der Waals surface area contributed by atoms with Crippen molar-refractivity contribution in [2.75, 3.05) is 59.9 Å². The molecule has 0 radical (unpaired) electrons. The van der Waals surface area contributed by atoms with E-state index in [0.29, 0.717) is 49.3 Å². The summed E-state index contributed by atoms with van der Waals surface area (Å²) in [6, 6.07) is 1.81. The molecule has 3 aliphatic rings. The molecular formula is C37H67N5O4. The number of carbonyl (C=O) groups is 3. The molecule has 3 fully saturated rings. The lowest BCUT2D eigenvalue weighted by atomic mass is 9.92. The number of nitrogens with one attached hydrogen (secondary N) is 2. The van der Waals surface area contributed by atoms with Crippen LogP contribution >= 0.6 is 0 Å². The van der Waals surface area contributed by atoms with Crippen LogP contribution in [0.1, 0.15) is 80.1 Å². The van der Waals surface area contributed by atoms with E-state index in [2.05, 4.69) is 80.0 Å². The summed E-state index contributed by atoms with van der Waals surface area (Å²) in [5, 5.41) is 6.53. The molecule has 0 aromatic rings. The number of piperidine rings is 2. The van der Waals surface area contributed by atoms with Gasteiger partial charge in [0.15, 0.2) is 11.6 Å². The summed E-state index contributed by atoms with van der Waals surface area (Å²) < 4.78 is 5.19. The SMILES string of the molecule is C=CC(=O)C[C@@H]1CCCN(C(C)C)C1.C=CC(=O)O[C@@H]1CNC[C@@H]1NC(C)C.CC(C)N1CCC[C@@H](CC(=O)/C=C/CN(C)C)C1. The largest absolute Gasteiger partial charge is 0.456 e. The monoisotopic (exact) mass is 646 g/mol. The van der Waals surface area contributed by atoms with Crippen LogP contribution in [0.15, 0.2) is 37.5 Å². The molecule has 0 aromatic heterocycles. The number of carbonyl (C=O) groups excluding carboxylic acids is 3. The highest BCUT2D eigenvalue weighted by molar-refractivity contribution is 5.90. The fraction of sp³-hybridized carbons (Fsp3) is 0.757. The topological polar surface area (TPSA) is 94.2 Å². The second-order valence-electron chi connectivity index (χ2n) is 14.2. The minimum absolute atomic E-state index is 0.0806. The van der Waals surface area contributed by atoms with Gasteiger partial charge in [0.05, 0.1) is 6.04 Å². The van der Waals surface area contributed by atoms with Crippen molar-refractivity contribution < 1.29 is 19.1 Å². The van der Waals surface area contributed by atoms with E-state index in [1.165, 1.54) is 50.9 Å². The van der Waals surface area contributed by atoms with Gasteiger partial charge in [-0.1, -0.05) is 33.1 Å². The lowest BCUT2D eigenvalue weighted by Crippen LogP contribution is -2.44. The van der Waals surface area contributed by atoms with Gasteiger partial charge < -0.3 is 30.1 Å². The number of likely N-dealkylation sites (N-methyl/N-ethyl adjacent to an activating group) is 1. The molecule has 3 heterocycles. The van der Waals surface area contributed by atoms with Gasteiger partial charge in [-0.3, -0.25) is 9.59 Å². The van der Waals surface area contributed by atoms with E-state index in [9.17, 15) is 14.4 Å². The Morgan fingerprint density at radius 3 is 1.87 bits per heavy atom. The maximum atomic E-state index is 11.8. The molecule has 46 heavy (non-hydrogen) atoms. The standard InChI is InChI=1S/C15H28N2O.C12H21NO.C10H18N2O2/c1-13(2)17-10-5-7-14(12-17)11-15(18)8-6-9-16(3)4;1-4-12(14)8-11-6-5-7-13(9-11)10(2)3;1-4-10(13)14-9-6-11-5-8(9)12-7(2)3/h6,8,13-14H,5,7,9-12H2,1-4H3;4,10-11H,1,5-9H2,2-3H3;4,7-9,11-12H,1,5-6H2,2-3H3/b8-6+;;/t14-;11-;8-,9+/m000/s1. The Bertz CT molecular complexity index is 948. The van der Waals surface area contributed by atoms with E-state index >= 15 is 0 Å². The quantitative estimate of drug-likeness (QED) is 0.209. The molecule has 0 amide bonds. The number of likely N-dealkylation sites (tertiary alicyclic amines) is 2. The molecular weight excluding hydrogens is 578 g/mol. The fourth-order valence-corrected chi connectivity index (χ4v) is 6.15. The van der Waals surface area contributed by atoms with Crippen LogP contribution in [0.5, 0.6) is 0 Å². The maximum Gasteiger partial charge on any atom is 0.330 e. The summed E-state index contributed by atoms with van der Waals surface area (Å²) in [4.78, 5) is 41.1. The van der Waals surface area contributed by atoms with Crippen molar-refractivity contribution in [3.05, 3.63) is 37.5 Å². The number of allylic oxidation sites excluding steroid dienone is 2. The zero-order valence-electron chi connectivity index (χ0n) is 30.4. The van der Waals surface area contributed by atoms with Crippen LogP contribution in [0.2, 0.25) is 0 Å². The summed E-state index contributed by atoms with van der Waals surface area (Å²) in [6.45, 7) is 26.9. The van der Waals surface area contributed by atoms with Gasteiger partial charge in [0.2, 0.25) is 0 Å². The van der Waals surface area contributed by atoms with E-state index in [0.717, 1.165) is 26.2 Å². The normalized spacial score (nSPS) is 24.0. The van der Waals surface area contributed by atoms with E-state index in [-0.39, 0.29) is 29.7 Å². The molecule has 0 bridgehead atoms. The predicted molar refractivity (Wildman–Crippen MR) is 191 cm³/mol. The average Bonchev–Trinajstić information content (AvgIpc) is 3.43. The Balaban J connectivity index is 0.000000349. The zero-order valence-corrected chi connectivity index (χ0v) is 30.4. The smallest absolute Gasteiger partial charge is 0.330 e. The van der Waals surface area contributed by atoms with Crippen LogP contribution in [0, 0.1) is 11.8 Å². The predicted octanol–water partition coefficient (Wildman–Crippen LogP) is 4.49. The summed E-state index contributed by atoms with van der Waals surface area (Å²) in [6.07, 6.45) is 12.6. The first-order valence-electron chi connectivity index (χ1n) is 17.5. The van der Waals surface area contributed by atoms with Crippen molar-refractivity contribution in [1.82, 2.24) is 25.3 Å². The first-order chi connectivity index (χ1) is 21.7. The fourth-order valence-electron chi connectivity index (χ4n) is 6.15. The van der Waals surface area contributed by atoms with Crippen LogP contribution in [-0.2, 0) is 19.1 Å². The highest BCUT2D eigenvalue weighted by atomic mass is 16.5. The molecule has 0 unspecified atom stereocenters. The third-order valence-corrected chi connectivity index (χ3v) is 8.68. The number of esters is 1. The number of nitrogens with zero attached hydrogens (tertiary/aromatic N) is 3. The van der Waals surface area contributed by atoms with E-state index in [4.69, 9.17) is 4.74 Å². The number of ketones is 2. The molecule has 3 saturated heterocycles. The summed E-state index contributed by atoms with van der Waals surface area (Å²) in [7, 11) is 4.02. The van der Waals surface area contributed by atoms with Crippen molar-refractivity contribution in [3.8, 4) is 0 Å². The molecule has 9 nitrogen and oxygen atoms in total. The lowest BCUT2D eigenvalue weighted by Gasteiger charge is -2.35. The summed E-state index contributed by atoms with van der Waals surface area (Å²) in [5.74, 6) is 1.23. The highest BCUT2D eigenvalue weighted by Gasteiger charge is 2.30. The van der Waals surface area contributed by atoms with Gasteiger partial charge in [-0.2, -0.15) is 0 Å². The average molecular weight is 646 g/mol. The number of ether oxygens (including phenoxy) is 1. The Morgan fingerprint density at radius 1 is 0.870 bits per heavy atom. The van der Waals surface area contributed by atoms with Gasteiger partial charge in [0, 0.05) is 69.8 Å². The Morgan fingerprint density at radius 2 is 1.41 bits per heavy atom. The maximum absolute atomic E-state index is 11.8. The van der Waals surface area contributed by atoms with Crippen LogP contribution in [0.4, 0.5) is 0 Å². The molecule has 0 saturated carbocycles. The summed E-state index contributed by atoms with van der Waals surface area (Å²) >= 11 is 0. The van der Waals surface area contributed by atoms with Gasteiger partial charge in [0.25, 0.3) is 0 Å². The molecule has 0 spiro atoms. The first-order valence-corrected chi connectivity index (χ1v) is 17.5. The molecule has 4 atom stereocenters. The van der Waals surface area contributed by atoms with Gasteiger partial charge in [-0.05, 0) is 105 Å². The zero-order chi connectivity index (χ0) is 34.6. The third-order valence-electron chi connectivity index (χ3n) is 8.68. The number of rotatable bonds is 14. The molecule has 3 aliphatic heterocycles. The first kappa shape index (κ1) is 41.9. The third kappa shape index (κ3) is 18.2. The van der Waals surface area contributed by atoms with Gasteiger partial charge in [-0.15, -0.1) is 0 Å². The minimum Gasteiger partial charge on any atom is -0.456 e. The Labute approximate surface area is 281 Å². The molecule has 0 aromatic carbocycles. The van der Waals surface area contributed by atoms with Gasteiger partial charge in [0.1, 0.15) is 6.10 Å². The highest BCUT2D eigenvalue weighted by Crippen LogP contribution is 2.22. The number of hydrogen-bond acceptors (Lipinski definition) is 9. The molecule has 264 valence electrons. The van der Waals surface area contributed by atoms with Crippen molar-refractivity contribution in [2.24, 2.45) is 11.8 Å². The van der Waals surface area contributed by atoms with E-state index < -0.39 is 0 Å². The molecule has 3 rings (SSSR count). The van der Waals surface area contributed by atoms with Crippen molar-refractivity contribution in [1.29, 1.82) is 0 Å². The number of hydrogen-bond donors (Lipinski definition) is 2. The lowest BCUT2D eigenvalue weighted by molar-refractivity contribution is -0.143. The van der Waals surface area contributed by atoms with Gasteiger partial charge in [-0.25, -0.2) is 4.79 Å². The van der Waals surface area contributed by atoms with Crippen LogP contribution < -0.4 is 10.6 Å². The van der Waals surface area contributed by atoms with Crippen LogP contribution in [0.3, 0.4) is 0 Å². The van der Waals surface area contributed by atoms with Gasteiger partial charge >= 0.3 is 5.97 Å². The van der Waals surface area contributed by atoms with Crippen LogP contribution in [0.25, 0.3) is 0 Å². The van der Waals surface area contributed by atoms with Crippen molar-refractivity contribution in [2.45, 2.75) is 110 Å². The second kappa shape index (κ2) is 23.2.